The molecule has 1 nitrogen and oxygen atoms in total. The minimum Gasteiger partial charge on any atom is -0.397 e. The smallest absolute Gasteiger partial charge is 0.316 e. The van der Waals surface area contributed by atoms with Crippen molar-refractivity contribution in [2.75, 3.05) is 6.61 Å². The molecule has 0 atom stereocenters. The van der Waals surface area contributed by atoms with Crippen LogP contribution in [0.25, 0.3) is 0 Å². The van der Waals surface area contributed by atoms with Crippen molar-refractivity contribution >= 4 is 23.1 Å². The zero-order chi connectivity index (χ0) is 2.71. The van der Waals surface area contributed by atoms with E-state index in [4.69, 9.17) is 5.11 Å². The first-order valence-corrected chi connectivity index (χ1v) is 1.02. The Morgan fingerprint density at radius 1 is 1.60 bits per heavy atom. The fraction of sp³-hybridized carbons (Fsp3) is 1.00. The normalized spacial score (nSPS) is 3.60. The summed E-state index contributed by atoms with van der Waals surface area (Å²) in [4.78, 5) is 0. The zero-order valence-electron chi connectivity index (χ0n) is 2.60. The molecule has 0 aromatic heterocycles. The van der Waals surface area contributed by atoms with E-state index in [0.717, 1.165) is 0 Å². The van der Waals surface area contributed by atoms with Crippen LogP contribution >= 0.6 is 0 Å². The van der Waals surface area contributed by atoms with Crippen LogP contribution in [0.2, 0.25) is 0 Å². The average molecular weight is 253 g/mol. The molecular weight excluding hydrogens is 245 g/mol. The largest absolute Gasteiger partial charge is 0.397 e. The third kappa shape index (κ3) is 30.5. The summed E-state index contributed by atoms with van der Waals surface area (Å²) >= 11 is 0. The van der Waals surface area contributed by atoms with Gasteiger partial charge in [0.1, 0.15) is 0 Å². The van der Waals surface area contributed by atoms with E-state index in [-0.39, 0.29) is 52.0 Å². The number of aliphatic hydroxyl groups excluding tert-OH is 1. The van der Waals surface area contributed by atoms with Crippen LogP contribution in [-0.4, -0.2) is 34.8 Å². The van der Waals surface area contributed by atoms with E-state index >= 15 is 0 Å². The fourth-order valence-electron chi connectivity index (χ4n) is 0. The maximum absolute atomic E-state index is 7.57. The Morgan fingerprint density at radius 3 is 1.60 bits per heavy atom. The van der Waals surface area contributed by atoms with Crippen molar-refractivity contribution in [3.8, 4) is 0 Å². The summed E-state index contributed by atoms with van der Waals surface area (Å²) in [5.74, 6) is 0. The van der Waals surface area contributed by atoms with Gasteiger partial charge in [-0.25, -0.2) is 0 Å². The van der Waals surface area contributed by atoms with Crippen LogP contribution in [0.15, 0.2) is 0 Å². The number of rotatable bonds is 0. The molecule has 1 N–H and O–H groups in total. The molecule has 0 bridgehead atoms. The molecule has 0 spiro atoms. The van der Waals surface area contributed by atoms with Gasteiger partial charge in [-0.2, -0.15) is 0 Å². The molecule has 3 heteroatoms. The maximum Gasteiger partial charge on any atom is 0.316 e. The minimum atomic E-state index is 0. The van der Waals surface area contributed by atoms with Gasteiger partial charge in [0.05, 0.1) is 0 Å². The molecule has 0 rings (SSSR count). The Morgan fingerprint density at radius 2 is 1.60 bits per heavy atom. The van der Waals surface area contributed by atoms with Crippen LogP contribution in [0.4, 0.5) is 0 Å². The van der Waals surface area contributed by atoms with Crippen molar-refractivity contribution in [2.24, 2.45) is 0 Å². The predicted molar refractivity (Wildman–Crippen MR) is 21.3 cm³/mol. The van der Waals surface area contributed by atoms with Crippen LogP contribution in [0.5, 0.6) is 0 Å². The van der Waals surface area contributed by atoms with Gasteiger partial charge in [0, 0.05) is 29.0 Å². The molecule has 0 unspecified atom stereocenters. The molecule has 0 fully saturated rings. The minimum absolute atomic E-state index is 0. The van der Waals surface area contributed by atoms with Gasteiger partial charge < -0.3 is 5.11 Å². The fourth-order valence-corrected chi connectivity index (χ4v) is 0. The van der Waals surface area contributed by atoms with Gasteiger partial charge in [-0.05, 0) is 6.92 Å². The molecule has 1 radical (unpaired) electrons. The summed E-state index contributed by atoms with van der Waals surface area (Å²) in [7, 11) is 0. The van der Waals surface area contributed by atoms with Crippen LogP contribution in [0.1, 0.15) is 6.92 Å². The molecule has 0 aromatic rings. The first-order chi connectivity index (χ1) is 1.41. The van der Waals surface area contributed by atoms with E-state index in [9.17, 15) is 0 Å². The topological polar surface area (TPSA) is 20.2 Å². The average Bonchev–Trinajstić information content (AvgIpc) is 0.918. The van der Waals surface area contributed by atoms with E-state index in [1.54, 1.807) is 6.92 Å². The number of hydrogen-bond acceptors (Lipinski definition) is 1. The van der Waals surface area contributed by atoms with Crippen LogP contribution in [0, 0.1) is 0 Å². The Hall–Kier alpha value is 1.47. The summed E-state index contributed by atoms with van der Waals surface area (Å²) in [5.41, 5.74) is 0. The van der Waals surface area contributed by atoms with Crippen molar-refractivity contribution < 1.29 is 27.5 Å². The van der Waals surface area contributed by atoms with E-state index in [1.807, 2.05) is 0 Å². The van der Waals surface area contributed by atoms with Gasteiger partial charge in [0.15, 0.2) is 0 Å². The molecule has 0 aliphatic heterocycles. The molecule has 5 heavy (non-hydrogen) atoms. The Balaban J connectivity index is -0.0000000200. The van der Waals surface area contributed by atoms with Gasteiger partial charge in [-0.15, -0.1) is 0 Å². The Bertz CT molecular complexity index is 9.61. The molecule has 0 saturated heterocycles. The SMILES string of the molecule is CCO.[MgH2].[Ta]. The summed E-state index contributed by atoms with van der Waals surface area (Å²) in [6.45, 7) is 1.93. The van der Waals surface area contributed by atoms with Crippen molar-refractivity contribution in [1.29, 1.82) is 0 Å². The third-order valence-corrected chi connectivity index (χ3v) is 0. The molecule has 0 saturated carbocycles. The summed E-state index contributed by atoms with van der Waals surface area (Å²) in [6.07, 6.45) is 0. The second-order valence-electron chi connectivity index (χ2n) is 0.316. The molecule has 0 aliphatic rings. The summed E-state index contributed by atoms with van der Waals surface area (Å²) in [5, 5.41) is 7.57. The number of hydrogen-bond donors (Lipinski definition) is 1. The maximum atomic E-state index is 7.57. The van der Waals surface area contributed by atoms with Crippen LogP contribution in [0.3, 0.4) is 0 Å². The van der Waals surface area contributed by atoms with Gasteiger partial charge in [-0.1, -0.05) is 0 Å². The Labute approximate surface area is 63.8 Å². The second-order valence-corrected chi connectivity index (χ2v) is 0.316. The predicted octanol–water partition coefficient (Wildman–Crippen LogP) is -0.920. The quantitative estimate of drug-likeness (QED) is 0.554. The molecule has 0 heterocycles. The molecule has 0 aromatic carbocycles. The first-order valence-electron chi connectivity index (χ1n) is 1.02. The van der Waals surface area contributed by atoms with Crippen molar-refractivity contribution in [3.63, 3.8) is 0 Å². The van der Waals surface area contributed by atoms with E-state index in [0.29, 0.717) is 0 Å². The monoisotopic (exact) mass is 253 g/mol. The summed E-state index contributed by atoms with van der Waals surface area (Å²) < 4.78 is 0. The van der Waals surface area contributed by atoms with Crippen molar-refractivity contribution in [2.45, 2.75) is 6.92 Å². The number of aliphatic hydroxyl groups is 1. The molecule has 0 aliphatic carbocycles. The standard InChI is InChI=1S/C2H6O.Mg.Ta.2H/c1-2-3;;;;/h3H,2H2,1H3;;;;. The molecule has 29 valence electrons. The van der Waals surface area contributed by atoms with Crippen molar-refractivity contribution in [1.82, 2.24) is 0 Å². The first kappa shape index (κ1) is 16.1. The van der Waals surface area contributed by atoms with Gasteiger partial charge in [-0.3, -0.25) is 0 Å². The molecule has 0 amide bonds. The Kier molecular flexibility index (Phi) is 57.7. The van der Waals surface area contributed by atoms with Crippen LogP contribution in [-0.2, 0) is 22.4 Å². The second kappa shape index (κ2) is 17.9. The van der Waals surface area contributed by atoms with Crippen molar-refractivity contribution in [3.05, 3.63) is 0 Å². The molecular formula is C2H8MgOTa. The van der Waals surface area contributed by atoms with E-state index in [1.165, 1.54) is 0 Å². The third-order valence-electron chi connectivity index (χ3n) is 0. The van der Waals surface area contributed by atoms with Gasteiger partial charge in [0.25, 0.3) is 0 Å². The summed E-state index contributed by atoms with van der Waals surface area (Å²) in [6, 6.07) is 0. The zero-order valence-corrected chi connectivity index (χ0v) is 5.81. The van der Waals surface area contributed by atoms with E-state index < -0.39 is 0 Å². The van der Waals surface area contributed by atoms with Gasteiger partial charge in [0.2, 0.25) is 0 Å². The van der Waals surface area contributed by atoms with Gasteiger partial charge >= 0.3 is 23.1 Å². The van der Waals surface area contributed by atoms with E-state index in [2.05, 4.69) is 0 Å². The van der Waals surface area contributed by atoms with Crippen LogP contribution < -0.4 is 0 Å².